The van der Waals surface area contributed by atoms with Crippen molar-refractivity contribution in [1.82, 2.24) is 0 Å². The monoisotopic (exact) mass is 733 g/mol. The molecule has 5 aliphatic carbocycles. The molecule has 4 fully saturated rings. The summed E-state index contributed by atoms with van der Waals surface area (Å²) in [7, 11) is 0. The maximum atomic E-state index is 2.68. The van der Waals surface area contributed by atoms with Crippen molar-refractivity contribution in [2.45, 2.75) is 92.3 Å². The number of rotatable bonds is 5. The molecule has 6 aromatic rings. The number of anilines is 3. The largest absolute Gasteiger partial charge is 0.309 e. The predicted molar refractivity (Wildman–Crippen MR) is 231 cm³/mol. The Bertz CT molecular complexity index is 2440. The highest BCUT2D eigenvalue weighted by Crippen LogP contribution is 2.74. The molecule has 0 aromatic heterocycles. The first-order valence-electron chi connectivity index (χ1n) is 20.8. The van der Waals surface area contributed by atoms with E-state index < -0.39 is 0 Å². The molecule has 5 atom stereocenters. The Morgan fingerprint density at radius 1 is 0.527 bits per heavy atom. The highest BCUT2D eigenvalue weighted by Gasteiger charge is 2.66. The van der Waals surface area contributed by atoms with Gasteiger partial charge in [0.25, 0.3) is 0 Å². The van der Waals surface area contributed by atoms with Gasteiger partial charge in [-0.1, -0.05) is 149 Å². The summed E-state index contributed by atoms with van der Waals surface area (Å²) in [6.45, 7) is 9.89. The van der Waals surface area contributed by atoms with Crippen LogP contribution in [0.25, 0.3) is 22.3 Å². The third kappa shape index (κ3) is 4.92. The molecular weight excluding hydrogens is 683 g/mol. The maximum Gasteiger partial charge on any atom is 0.0604 e. The van der Waals surface area contributed by atoms with E-state index in [9.17, 15) is 0 Å². The zero-order valence-electron chi connectivity index (χ0n) is 32.7. The standard InChI is InChI=1S/C53H51NS/c1-51(2)28-29-52(3,4)49-43(51)19-13-20-45(49)54(40-24-22-36(23-25-40)35-14-7-5-8-15-35)46-27-26-41(37-16-9-6-10-17-37)48-50(46)55-47-21-12-11-18-42(47)53(48)39-31-34-30-38(33-39)44(53)32-34/h5-27,34,38-39,44H,28-33H2,1-4H3. The van der Waals surface area contributed by atoms with Gasteiger partial charge in [0, 0.05) is 20.9 Å². The van der Waals surface area contributed by atoms with Crippen LogP contribution in [0, 0.1) is 23.7 Å². The molecule has 1 heterocycles. The van der Waals surface area contributed by atoms with E-state index in [2.05, 4.69) is 172 Å². The molecule has 5 unspecified atom stereocenters. The van der Waals surface area contributed by atoms with Gasteiger partial charge in [-0.2, -0.15) is 0 Å². The third-order valence-corrected chi connectivity index (χ3v) is 16.1. The molecule has 55 heavy (non-hydrogen) atoms. The normalized spacial score (nSPS) is 26.0. The predicted octanol–water partition coefficient (Wildman–Crippen LogP) is 14.7. The summed E-state index contributed by atoms with van der Waals surface area (Å²) in [4.78, 5) is 5.62. The van der Waals surface area contributed by atoms with Crippen molar-refractivity contribution in [2.75, 3.05) is 4.90 Å². The first kappa shape index (κ1) is 33.8. The first-order valence-corrected chi connectivity index (χ1v) is 21.7. The van der Waals surface area contributed by atoms with Gasteiger partial charge in [-0.15, -0.1) is 0 Å². The Labute approximate surface area is 332 Å². The SMILES string of the molecule is CC1(C)CCC(C)(C)c2c(N(c3ccc(-c4ccccc4)cc3)c3ccc(-c4ccccc4)c4c3Sc3ccccc3C43C4CC5CC(C4)C3C5)cccc21. The Kier molecular flexibility index (Phi) is 7.51. The van der Waals surface area contributed by atoms with Crippen LogP contribution in [0.15, 0.2) is 149 Å². The molecule has 274 valence electrons. The van der Waals surface area contributed by atoms with E-state index in [1.807, 2.05) is 11.8 Å². The molecule has 4 saturated carbocycles. The van der Waals surface area contributed by atoms with Gasteiger partial charge in [-0.05, 0) is 148 Å². The van der Waals surface area contributed by atoms with Gasteiger partial charge >= 0.3 is 0 Å². The molecule has 1 spiro atoms. The fourth-order valence-corrected chi connectivity index (χ4v) is 13.9. The van der Waals surface area contributed by atoms with Crippen LogP contribution in [0.3, 0.4) is 0 Å². The van der Waals surface area contributed by atoms with Gasteiger partial charge < -0.3 is 4.90 Å². The van der Waals surface area contributed by atoms with Gasteiger partial charge in [0.1, 0.15) is 0 Å². The number of benzene rings is 6. The van der Waals surface area contributed by atoms with Gasteiger partial charge in [0.05, 0.1) is 11.4 Å². The first-order chi connectivity index (χ1) is 26.7. The second-order valence-corrected chi connectivity index (χ2v) is 19.8. The van der Waals surface area contributed by atoms with E-state index >= 15 is 0 Å². The molecule has 1 nitrogen and oxygen atoms in total. The quantitative estimate of drug-likeness (QED) is 0.174. The summed E-state index contributed by atoms with van der Waals surface area (Å²) in [5, 5.41) is 0. The van der Waals surface area contributed by atoms with E-state index in [0.29, 0.717) is 11.8 Å². The summed E-state index contributed by atoms with van der Waals surface area (Å²) in [5.74, 6) is 3.09. The molecule has 6 aromatic carbocycles. The number of nitrogens with zero attached hydrogens (tertiary/aromatic N) is 1. The van der Waals surface area contributed by atoms with Crippen molar-refractivity contribution in [3.8, 4) is 22.3 Å². The van der Waals surface area contributed by atoms with Crippen LogP contribution < -0.4 is 4.90 Å². The molecule has 6 aliphatic rings. The molecule has 0 N–H and O–H groups in total. The zero-order valence-corrected chi connectivity index (χ0v) is 33.5. The minimum Gasteiger partial charge on any atom is -0.309 e. The van der Waals surface area contributed by atoms with Crippen LogP contribution in [0.4, 0.5) is 17.1 Å². The minimum atomic E-state index is 0.0240. The number of hydrogen-bond donors (Lipinski definition) is 0. The van der Waals surface area contributed by atoms with Crippen molar-refractivity contribution in [3.05, 3.63) is 162 Å². The average molecular weight is 734 g/mol. The molecular formula is C53H51NS. The van der Waals surface area contributed by atoms with E-state index in [1.165, 1.54) is 98.8 Å². The highest BCUT2D eigenvalue weighted by molar-refractivity contribution is 7.99. The number of hydrogen-bond acceptors (Lipinski definition) is 2. The Hall–Kier alpha value is -4.53. The van der Waals surface area contributed by atoms with Crippen LogP contribution in [-0.2, 0) is 16.2 Å². The fourth-order valence-electron chi connectivity index (χ4n) is 12.6. The van der Waals surface area contributed by atoms with Gasteiger partial charge in [-0.3, -0.25) is 0 Å². The lowest BCUT2D eigenvalue weighted by Gasteiger charge is -2.51. The summed E-state index contributed by atoms with van der Waals surface area (Å²) >= 11 is 2.05. The van der Waals surface area contributed by atoms with Gasteiger partial charge in [0.15, 0.2) is 0 Å². The van der Waals surface area contributed by atoms with Gasteiger partial charge in [-0.25, -0.2) is 0 Å². The third-order valence-electron chi connectivity index (χ3n) is 14.9. The second-order valence-electron chi connectivity index (χ2n) is 18.8. The van der Waals surface area contributed by atoms with E-state index in [4.69, 9.17) is 0 Å². The Morgan fingerprint density at radius 3 is 1.96 bits per heavy atom. The summed E-state index contributed by atoms with van der Waals surface area (Å²) in [5.41, 5.74) is 15.6. The summed E-state index contributed by atoms with van der Waals surface area (Å²) in [6, 6.07) is 53.4. The van der Waals surface area contributed by atoms with Crippen LogP contribution in [-0.4, -0.2) is 0 Å². The minimum absolute atomic E-state index is 0.0240. The van der Waals surface area contributed by atoms with E-state index in [1.54, 1.807) is 11.1 Å². The summed E-state index contributed by atoms with van der Waals surface area (Å²) < 4.78 is 0. The Balaban J connectivity index is 1.22. The zero-order chi connectivity index (χ0) is 37.1. The van der Waals surface area contributed by atoms with Crippen molar-refractivity contribution < 1.29 is 0 Å². The molecule has 1 aliphatic heterocycles. The Morgan fingerprint density at radius 2 is 1.20 bits per heavy atom. The van der Waals surface area contributed by atoms with E-state index in [-0.39, 0.29) is 16.2 Å². The summed E-state index contributed by atoms with van der Waals surface area (Å²) in [6.07, 6.45) is 7.91. The van der Waals surface area contributed by atoms with Crippen LogP contribution in [0.5, 0.6) is 0 Å². The topological polar surface area (TPSA) is 3.24 Å². The lowest BCUT2D eigenvalue weighted by molar-refractivity contribution is 0.181. The van der Waals surface area contributed by atoms with Crippen LogP contribution >= 0.6 is 11.8 Å². The molecule has 4 bridgehead atoms. The fraction of sp³-hybridized carbons (Fsp3) is 0.321. The smallest absolute Gasteiger partial charge is 0.0604 e. The van der Waals surface area contributed by atoms with Crippen molar-refractivity contribution in [2.24, 2.45) is 23.7 Å². The van der Waals surface area contributed by atoms with Crippen LogP contribution in [0.2, 0.25) is 0 Å². The van der Waals surface area contributed by atoms with E-state index in [0.717, 1.165) is 11.8 Å². The molecule has 12 rings (SSSR count). The highest BCUT2D eigenvalue weighted by atomic mass is 32.2. The van der Waals surface area contributed by atoms with Crippen molar-refractivity contribution >= 4 is 28.8 Å². The van der Waals surface area contributed by atoms with Crippen molar-refractivity contribution in [1.29, 1.82) is 0 Å². The lowest BCUT2D eigenvalue weighted by Crippen LogP contribution is -2.44. The second kappa shape index (κ2) is 12.2. The molecule has 0 radical (unpaired) electrons. The number of fused-ring (bicyclic) bond motifs is 3. The van der Waals surface area contributed by atoms with Gasteiger partial charge in [0.2, 0.25) is 0 Å². The molecule has 0 amide bonds. The maximum absolute atomic E-state index is 2.68. The molecule has 0 saturated heterocycles. The molecule has 2 heteroatoms. The average Bonchev–Trinajstić information content (AvgIpc) is 3.62. The van der Waals surface area contributed by atoms with Crippen LogP contribution in [0.1, 0.15) is 88.5 Å². The lowest BCUT2D eigenvalue weighted by atomic mass is 9.56. The van der Waals surface area contributed by atoms with Crippen molar-refractivity contribution in [3.63, 3.8) is 0 Å².